The van der Waals surface area contributed by atoms with Crippen LogP contribution >= 0.6 is 11.7 Å². The van der Waals surface area contributed by atoms with Crippen LogP contribution in [0, 0.1) is 5.92 Å². The molecule has 1 aromatic heterocycles. The number of amides is 1. The maximum absolute atomic E-state index is 12.6. The SMILES string of the molecule is C=CCN1C(=O)CC(C(=O)OC)C12CCN(Cc1ccc3nsnc3c1)CC2. The topological polar surface area (TPSA) is 75.6 Å². The molecule has 0 aliphatic carbocycles. The van der Waals surface area contributed by atoms with E-state index in [2.05, 4.69) is 32.4 Å². The van der Waals surface area contributed by atoms with E-state index < -0.39 is 11.5 Å². The number of benzene rings is 1. The number of carbonyl (C=O) groups is 2. The van der Waals surface area contributed by atoms with Crippen molar-refractivity contribution in [3.63, 3.8) is 0 Å². The van der Waals surface area contributed by atoms with Gasteiger partial charge in [-0.1, -0.05) is 12.1 Å². The fourth-order valence-corrected chi connectivity index (χ4v) is 5.19. The molecule has 4 rings (SSSR count). The first kappa shape index (κ1) is 19.0. The van der Waals surface area contributed by atoms with Gasteiger partial charge in [-0.05, 0) is 30.5 Å². The lowest BCUT2D eigenvalue weighted by molar-refractivity contribution is -0.150. The molecule has 2 fully saturated rings. The number of esters is 1. The van der Waals surface area contributed by atoms with Crippen molar-refractivity contribution in [2.24, 2.45) is 5.92 Å². The summed E-state index contributed by atoms with van der Waals surface area (Å²) in [5.41, 5.74) is 2.60. The van der Waals surface area contributed by atoms with Crippen molar-refractivity contribution in [1.29, 1.82) is 0 Å². The molecule has 2 aliphatic heterocycles. The van der Waals surface area contributed by atoms with Gasteiger partial charge in [0, 0.05) is 32.6 Å². The summed E-state index contributed by atoms with van der Waals surface area (Å²) in [4.78, 5) is 29.2. The highest BCUT2D eigenvalue weighted by Gasteiger charge is 2.56. The fraction of sp³-hybridized carbons (Fsp3) is 0.500. The Morgan fingerprint density at radius 2 is 2.11 bits per heavy atom. The minimum Gasteiger partial charge on any atom is -0.469 e. The fourth-order valence-electron chi connectivity index (χ4n) is 4.67. The molecule has 2 aromatic rings. The molecule has 1 aromatic carbocycles. The Bertz CT molecular complexity index is 904. The van der Waals surface area contributed by atoms with Crippen LogP contribution < -0.4 is 0 Å². The Labute approximate surface area is 168 Å². The number of methoxy groups -OCH3 is 1. The van der Waals surface area contributed by atoms with Crippen LogP contribution in [0.3, 0.4) is 0 Å². The van der Waals surface area contributed by atoms with Gasteiger partial charge in [0.2, 0.25) is 5.91 Å². The molecule has 0 bridgehead atoms. The molecule has 1 amide bonds. The molecule has 0 N–H and O–H groups in total. The maximum atomic E-state index is 12.6. The average Bonchev–Trinajstić information content (AvgIpc) is 3.27. The Kier molecular flexibility index (Phi) is 5.16. The third-order valence-corrected chi connectivity index (χ3v) is 6.67. The van der Waals surface area contributed by atoms with Gasteiger partial charge in [-0.2, -0.15) is 8.75 Å². The van der Waals surface area contributed by atoms with Crippen molar-refractivity contribution in [1.82, 2.24) is 18.5 Å². The van der Waals surface area contributed by atoms with E-state index in [0.29, 0.717) is 6.54 Å². The van der Waals surface area contributed by atoms with E-state index in [0.717, 1.165) is 43.5 Å². The molecule has 0 radical (unpaired) electrons. The normalized spacial score (nSPS) is 22.1. The van der Waals surface area contributed by atoms with Gasteiger partial charge in [0.15, 0.2) is 0 Å². The predicted octanol–water partition coefficient (Wildman–Crippen LogP) is 2.23. The Morgan fingerprint density at radius 3 is 2.82 bits per heavy atom. The van der Waals surface area contributed by atoms with Crippen LogP contribution in [0.4, 0.5) is 0 Å². The second kappa shape index (κ2) is 7.60. The van der Waals surface area contributed by atoms with Gasteiger partial charge < -0.3 is 9.64 Å². The standard InChI is InChI=1S/C20H24N4O3S/c1-3-8-24-18(25)12-15(19(26)27-2)20(24)6-9-23(10-7-20)13-14-4-5-16-17(11-14)22-28-21-16/h3-5,11,15H,1,6-10,12-13H2,2H3. The third kappa shape index (κ3) is 3.20. The molecule has 2 aliphatic rings. The summed E-state index contributed by atoms with van der Waals surface area (Å²) in [7, 11) is 1.40. The minimum atomic E-state index is -0.461. The van der Waals surface area contributed by atoms with Gasteiger partial charge in [-0.15, -0.1) is 6.58 Å². The van der Waals surface area contributed by atoms with Crippen molar-refractivity contribution in [3.8, 4) is 0 Å². The smallest absolute Gasteiger partial charge is 0.311 e. The predicted molar refractivity (Wildman–Crippen MR) is 107 cm³/mol. The summed E-state index contributed by atoms with van der Waals surface area (Å²) in [6.45, 7) is 6.72. The first-order valence-electron chi connectivity index (χ1n) is 9.50. The van der Waals surface area contributed by atoms with Crippen LogP contribution in [0.5, 0.6) is 0 Å². The molecule has 1 spiro atoms. The van der Waals surface area contributed by atoms with Crippen molar-refractivity contribution >= 4 is 34.6 Å². The first-order chi connectivity index (χ1) is 13.6. The monoisotopic (exact) mass is 400 g/mol. The zero-order valence-electron chi connectivity index (χ0n) is 16.0. The first-order valence-corrected chi connectivity index (χ1v) is 10.2. The Balaban J connectivity index is 1.50. The summed E-state index contributed by atoms with van der Waals surface area (Å²) in [6.07, 6.45) is 3.48. The molecular weight excluding hydrogens is 376 g/mol. The molecular formula is C20H24N4O3S. The van der Waals surface area contributed by atoms with Crippen LogP contribution in [0.15, 0.2) is 30.9 Å². The third-order valence-electron chi connectivity index (χ3n) is 6.11. The molecule has 1 atom stereocenters. The number of hydrogen-bond donors (Lipinski definition) is 0. The molecule has 28 heavy (non-hydrogen) atoms. The summed E-state index contributed by atoms with van der Waals surface area (Å²) >= 11 is 1.23. The van der Waals surface area contributed by atoms with E-state index in [1.54, 1.807) is 6.08 Å². The lowest BCUT2D eigenvalue weighted by atomic mass is 9.76. The molecule has 2 saturated heterocycles. The van der Waals surface area contributed by atoms with Gasteiger partial charge in [-0.3, -0.25) is 14.5 Å². The van der Waals surface area contributed by atoms with Crippen molar-refractivity contribution in [2.45, 2.75) is 31.3 Å². The molecule has 8 heteroatoms. The minimum absolute atomic E-state index is 0.0187. The maximum Gasteiger partial charge on any atom is 0.311 e. The van der Waals surface area contributed by atoms with Crippen LogP contribution in [0.1, 0.15) is 24.8 Å². The van der Waals surface area contributed by atoms with Gasteiger partial charge in [0.05, 0.1) is 30.3 Å². The number of carbonyl (C=O) groups excluding carboxylic acids is 2. The van der Waals surface area contributed by atoms with E-state index in [1.165, 1.54) is 24.4 Å². The van der Waals surface area contributed by atoms with Crippen LogP contribution in [-0.4, -0.2) is 62.7 Å². The Hall–Kier alpha value is -2.32. The van der Waals surface area contributed by atoms with Crippen molar-refractivity contribution < 1.29 is 14.3 Å². The largest absolute Gasteiger partial charge is 0.469 e. The number of hydrogen-bond acceptors (Lipinski definition) is 7. The summed E-state index contributed by atoms with van der Waals surface area (Å²) in [5.74, 6) is -0.662. The number of ether oxygens (including phenoxy) is 1. The second-order valence-electron chi connectivity index (χ2n) is 7.54. The van der Waals surface area contributed by atoms with Gasteiger partial charge in [-0.25, -0.2) is 0 Å². The number of fused-ring (bicyclic) bond motifs is 1. The van der Waals surface area contributed by atoms with Crippen molar-refractivity contribution in [2.75, 3.05) is 26.7 Å². The molecule has 0 saturated carbocycles. The van der Waals surface area contributed by atoms with Crippen molar-refractivity contribution in [3.05, 3.63) is 36.4 Å². The highest BCUT2D eigenvalue weighted by molar-refractivity contribution is 7.00. The number of likely N-dealkylation sites (tertiary alicyclic amines) is 2. The lowest BCUT2D eigenvalue weighted by Crippen LogP contribution is -2.57. The quantitative estimate of drug-likeness (QED) is 0.566. The number of nitrogens with zero attached hydrogens (tertiary/aromatic N) is 4. The Morgan fingerprint density at radius 1 is 1.36 bits per heavy atom. The van der Waals surface area contributed by atoms with E-state index >= 15 is 0 Å². The van der Waals surface area contributed by atoms with Crippen LogP contribution in [-0.2, 0) is 20.9 Å². The highest BCUT2D eigenvalue weighted by atomic mass is 32.1. The van der Waals surface area contributed by atoms with Crippen LogP contribution in [0.2, 0.25) is 0 Å². The number of piperidine rings is 1. The van der Waals surface area contributed by atoms with Crippen LogP contribution in [0.25, 0.3) is 11.0 Å². The summed E-state index contributed by atoms with van der Waals surface area (Å²) < 4.78 is 13.6. The van der Waals surface area contributed by atoms with Gasteiger partial charge in [0.1, 0.15) is 11.0 Å². The molecule has 3 heterocycles. The zero-order chi connectivity index (χ0) is 19.7. The van der Waals surface area contributed by atoms with E-state index in [-0.39, 0.29) is 18.3 Å². The zero-order valence-corrected chi connectivity index (χ0v) is 16.8. The summed E-state index contributed by atoms with van der Waals surface area (Å²) in [6, 6.07) is 6.19. The highest BCUT2D eigenvalue weighted by Crippen LogP contribution is 2.44. The van der Waals surface area contributed by atoms with E-state index in [1.807, 2.05) is 11.0 Å². The summed E-state index contributed by atoms with van der Waals surface area (Å²) in [5, 5.41) is 0. The number of rotatable bonds is 5. The van der Waals surface area contributed by atoms with E-state index in [4.69, 9.17) is 4.74 Å². The molecule has 1 unspecified atom stereocenters. The second-order valence-corrected chi connectivity index (χ2v) is 8.07. The lowest BCUT2D eigenvalue weighted by Gasteiger charge is -2.46. The molecule has 148 valence electrons. The van der Waals surface area contributed by atoms with Gasteiger partial charge in [0.25, 0.3) is 0 Å². The number of aromatic nitrogens is 2. The molecule has 7 nitrogen and oxygen atoms in total. The van der Waals surface area contributed by atoms with Gasteiger partial charge >= 0.3 is 5.97 Å². The average molecular weight is 401 g/mol. The van der Waals surface area contributed by atoms with E-state index in [9.17, 15) is 9.59 Å².